The molecular weight excluding hydrogens is 201 g/mol. The Labute approximate surface area is 74.6 Å². The van der Waals surface area contributed by atoms with E-state index in [1.807, 2.05) is 5.32 Å². The zero-order valence-corrected chi connectivity index (χ0v) is 7.81. The Balaban J connectivity index is 4.14. The second-order valence-corrected chi connectivity index (χ2v) is 4.23. The number of aliphatic hydroxyl groups excluding tert-OH is 1. The number of rotatable bonds is 5. The van der Waals surface area contributed by atoms with Gasteiger partial charge in [-0.15, -0.1) is 0 Å². The number of aliphatic hydroxyl groups is 1. The lowest BCUT2D eigenvalue weighted by atomic mass is 10.2. The molecule has 8 heteroatoms. The van der Waals surface area contributed by atoms with Gasteiger partial charge in [-0.05, 0) is 6.92 Å². The monoisotopic (exact) mass is 213 g/mol. The molecule has 0 aliphatic rings. The summed E-state index contributed by atoms with van der Waals surface area (Å²) in [4.78, 5) is 27.2. The normalized spacial score (nSPS) is 16.6. The SMILES string of the molecule is C[C@H](O)[C@@H](NCP(=O)(O)O)C(=O)O. The van der Waals surface area contributed by atoms with Gasteiger partial charge in [-0.3, -0.25) is 14.7 Å². The van der Waals surface area contributed by atoms with Gasteiger partial charge in [0.15, 0.2) is 0 Å². The van der Waals surface area contributed by atoms with Crippen molar-refractivity contribution in [2.45, 2.75) is 19.1 Å². The molecule has 0 bridgehead atoms. The Morgan fingerprint density at radius 3 is 2.23 bits per heavy atom. The van der Waals surface area contributed by atoms with E-state index in [0.717, 1.165) is 0 Å². The molecular formula is C5H12NO6P. The molecule has 7 nitrogen and oxygen atoms in total. The summed E-state index contributed by atoms with van der Waals surface area (Å²) in [5, 5.41) is 19.4. The molecule has 0 spiro atoms. The van der Waals surface area contributed by atoms with Crippen molar-refractivity contribution >= 4 is 13.6 Å². The van der Waals surface area contributed by atoms with Crippen molar-refractivity contribution in [2.24, 2.45) is 0 Å². The maximum Gasteiger partial charge on any atom is 0.339 e. The third-order valence-electron chi connectivity index (χ3n) is 1.27. The number of hydrogen-bond acceptors (Lipinski definition) is 4. The van der Waals surface area contributed by atoms with Gasteiger partial charge < -0.3 is 20.0 Å². The first-order valence-electron chi connectivity index (χ1n) is 3.43. The summed E-state index contributed by atoms with van der Waals surface area (Å²) >= 11 is 0. The van der Waals surface area contributed by atoms with Gasteiger partial charge in [-0.1, -0.05) is 0 Å². The zero-order valence-electron chi connectivity index (χ0n) is 6.91. The van der Waals surface area contributed by atoms with Crippen molar-refractivity contribution in [2.75, 3.05) is 6.29 Å². The van der Waals surface area contributed by atoms with Gasteiger partial charge in [-0.25, -0.2) is 0 Å². The van der Waals surface area contributed by atoms with Gasteiger partial charge in [0.1, 0.15) is 6.04 Å². The largest absolute Gasteiger partial charge is 0.480 e. The first-order chi connectivity index (χ1) is 5.74. The van der Waals surface area contributed by atoms with E-state index < -0.39 is 32.0 Å². The van der Waals surface area contributed by atoms with Crippen LogP contribution >= 0.6 is 7.60 Å². The highest BCUT2D eigenvalue weighted by molar-refractivity contribution is 7.51. The highest BCUT2D eigenvalue weighted by Gasteiger charge is 2.25. The Morgan fingerprint density at radius 1 is 1.54 bits per heavy atom. The molecule has 0 heterocycles. The van der Waals surface area contributed by atoms with Crippen LogP contribution in [0.3, 0.4) is 0 Å². The lowest BCUT2D eigenvalue weighted by Gasteiger charge is -2.16. The fourth-order valence-electron chi connectivity index (χ4n) is 0.681. The van der Waals surface area contributed by atoms with Crippen molar-refractivity contribution < 1.29 is 29.4 Å². The van der Waals surface area contributed by atoms with Gasteiger partial charge in [0.2, 0.25) is 0 Å². The smallest absolute Gasteiger partial charge is 0.339 e. The summed E-state index contributed by atoms with van der Waals surface area (Å²) in [6.07, 6.45) is -1.99. The second-order valence-electron chi connectivity index (χ2n) is 2.58. The van der Waals surface area contributed by atoms with Crippen molar-refractivity contribution in [1.29, 1.82) is 0 Å². The van der Waals surface area contributed by atoms with Gasteiger partial charge in [-0.2, -0.15) is 0 Å². The van der Waals surface area contributed by atoms with Crippen LogP contribution in [0.5, 0.6) is 0 Å². The van der Waals surface area contributed by atoms with Crippen molar-refractivity contribution in [3.05, 3.63) is 0 Å². The molecule has 0 aromatic carbocycles. The third-order valence-corrected chi connectivity index (χ3v) is 1.86. The van der Waals surface area contributed by atoms with Crippen LogP contribution in [0.25, 0.3) is 0 Å². The minimum absolute atomic E-state index is 0.769. The predicted molar refractivity (Wildman–Crippen MR) is 43.2 cm³/mol. The van der Waals surface area contributed by atoms with Crippen LogP contribution < -0.4 is 5.32 Å². The van der Waals surface area contributed by atoms with Crippen LogP contribution in [-0.4, -0.2) is 44.4 Å². The summed E-state index contributed by atoms with van der Waals surface area (Å²) in [5.41, 5.74) is 0. The summed E-state index contributed by atoms with van der Waals surface area (Å²) in [7, 11) is -4.28. The molecule has 5 N–H and O–H groups in total. The summed E-state index contributed by atoms with van der Waals surface area (Å²) in [6.45, 7) is 1.21. The molecule has 13 heavy (non-hydrogen) atoms. The molecule has 0 unspecified atom stereocenters. The standard InChI is InChI=1S/C5H12NO6P/c1-3(7)4(5(8)9)6-2-13(10,11)12/h3-4,6-7H,2H2,1H3,(H,8,9)(H2,10,11,12)/t3-,4+/m0/s1. The van der Waals surface area contributed by atoms with Crippen LogP contribution in [0.4, 0.5) is 0 Å². The van der Waals surface area contributed by atoms with Crippen molar-refractivity contribution in [3.63, 3.8) is 0 Å². The minimum atomic E-state index is -4.28. The van der Waals surface area contributed by atoms with Crippen LogP contribution in [0.15, 0.2) is 0 Å². The number of carbonyl (C=O) groups is 1. The summed E-state index contributed by atoms with van der Waals surface area (Å²) < 4.78 is 10.3. The predicted octanol–water partition coefficient (Wildman–Crippen LogP) is -1.45. The van der Waals surface area contributed by atoms with E-state index >= 15 is 0 Å². The molecule has 0 radical (unpaired) electrons. The Bertz CT molecular complexity index is 223. The molecule has 0 saturated heterocycles. The molecule has 0 aliphatic heterocycles. The van der Waals surface area contributed by atoms with Gasteiger partial charge in [0, 0.05) is 0 Å². The molecule has 0 rings (SSSR count). The van der Waals surface area contributed by atoms with E-state index in [0.29, 0.717) is 0 Å². The summed E-state index contributed by atoms with van der Waals surface area (Å²) in [5.74, 6) is -1.36. The Hall–Kier alpha value is -0.460. The number of nitrogens with one attached hydrogen (secondary N) is 1. The summed E-state index contributed by atoms with van der Waals surface area (Å²) in [6, 6.07) is -1.37. The fourth-order valence-corrected chi connectivity index (χ4v) is 1.12. The first-order valence-corrected chi connectivity index (χ1v) is 5.22. The molecule has 0 aromatic heterocycles. The zero-order chi connectivity index (χ0) is 10.6. The highest BCUT2D eigenvalue weighted by Crippen LogP contribution is 2.32. The second kappa shape index (κ2) is 4.69. The number of hydrogen-bond donors (Lipinski definition) is 5. The van der Waals surface area contributed by atoms with Gasteiger partial charge in [0.05, 0.1) is 12.4 Å². The van der Waals surface area contributed by atoms with Crippen LogP contribution in [-0.2, 0) is 9.36 Å². The van der Waals surface area contributed by atoms with E-state index in [4.69, 9.17) is 20.0 Å². The van der Waals surface area contributed by atoms with E-state index in [2.05, 4.69) is 0 Å². The number of carboxylic acids is 1. The quantitative estimate of drug-likeness (QED) is 0.353. The molecule has 0 saturated carbocycles. The van der Waals surface area contributed by atoms with E-state index in [1.54, 1.807) is 0 Å². The van der Waals surface area contributed by atoms with E-state index in [9.17, 15) is 9.36 Å². The third kappa shape index (κ3) is 5.73. The topological polar surface area (TPSA) is 127 Å². The molecule has 78 valence electrons. The lowest BCUT2D eigenvalue weighted by Crippen LogP contribution is -2.45. The average molecular weight is 213 g/mol. The van der Waals surface area contributed by atoms with Gasteiger partial charge in [0.25, 0.3) is 0 Å². The molecule has 0 amide bonds. The first kappa shape index (κ1) is 12.5. The lowest BCUT2D eigenvalue weighted by molar-refractivity contribution is -0.142. The molecule has 0 fully saturated rings. The van der Waals surface area contributed by atoms with Crippen LogP contribution in [0.1, 0.15) is 6.92 Å². The van der Waals surface area contributed by atoms with Crippen molar-refractivity contribution in [3.8, 4) is 0 Å². The fraction of sp³-hybridized carbons (Fsp3) is 0.800. The van der Waals surface area contributed by atoms with Crippen LogP contribution in [0, 0.1) is 0 Å². The maximum atomic E-state index is 10.4. The van der Waals surface area contributed by atoms with E-state index in [-0.39, 0.29) is 0 Å². The number of aliphatic carboxylic acids is 1. The number of carboxylic acid groups (broad SMARTS) is 1. The van der Waals surface area contributed by atoms with E-state index in [1.165, 1.54) is 6.92 Å². The van der Waals surface area contributed by atoms with Crippen LogP contribution in [0.2, 0.25) is 0 Å². The molecule has 2 atom stereocenters. The maximum absolute atomic E-state index is 10.4. The molecule has 0 aliphatic carbocycles. The van der Waals surface area contributed by atoms with Gasteiger partial charge >= 0.3 is 13.6 Å². The van der Waals surface area contributed by atoms with Crippen molar-refractivity contribution in [1.82, 2.24) is 5.32 Å². The molecule has 0 aromatic rings. The Morgan fingerprint density at radius 2 is 2.00 bits per heavy atom. The minimum Gasteiger partial charge on any atom is -0.480 e. The highest BCUT2D eigenvalue weighted by atomic mass is 31.2. The Kier molecular flexibility index (Phi) is 4.52. The average Bonchev–Trinajstić information content (AvgIpc) is 1.82.